The van der Waals surface area contributed by atoms with Crippen molar-refractivity contribution in [2.45, 2.75) is 64.4 Å². The molecule has 3 N–H and O–H groups in total. The smallest absolute Gasteiger partial charge is 0.336 e. The number of carboxylic acid groups (broad SMARTS) is 2. The Hall–Kier alpha value is -1.62. The summed E-state index contributed by atoms with van der Waals surface area (Å²) in [5.41, 5.74) is -0.575. The Morgan fingerprint density at radius 2 is 1.77 bits per heavy atom. The summed E-state index contributed by atoms with van der Waals surface area (Å²) in [6.45, 7) is 4.23. The first-order valence-corrected chi connectivity index (χ1v) is 9.74. The fourth-order valence-electron chi connectivity index (χ4n) is 6.86. The highest BCUT2D eigenvalue weighted by Crippen LogP contribution is 2.66. The van der Waals surface area contributed by atoms with Crippen LogP contribution >= 0.6 is 0 Å². The van der Waals surface area contributed by atoms with Gasteiger partial charge in [-0.05, 0) is 79.8 Å². The molecule has 0 heterocycles. The van der Waals surface area contributed by atoms with Crippen LogP contribution in [0.15, 0.2) is 23.3 Å². The zero-order valence-corrected chi connectivity index (χ0v) is 15.5. The van der Waals surface area contributed by atoms with E-state index in [1.165, 1.54) is 0 Å². The minimum absolute atomic E-state index is 0.0346. The molecule has 0 radical (unpaired) electrons. The van der Waals surface area contributed by atoms with Crippen LogP contribution in [0.4, 0.5) is 0 Å². The van der Waals surface area contributed by atoms with Gasteiger partial charge in [0.25, 0.3) is 0 Å². The number of fused-ring (bicyclic) bond motifs is 5. The molecule has 0 aliphatic heterocycles. The number of hydrogen-bond acceptors (Lipinski definition) is 3. The maximum Gasteiger partial charge on any atom is 0.336 e. The van der Waals surface area contributed by atoms with Gasteiger partial charge in [0.05, 0.1) is 0 Å². The van der Waals surface area contributed by atoms with Gasteiger partial charge in [0.1, 0.15) is 0 Å². The Morgan fingerprint density at radius 1 is 1.08 bits per heavy atom. The van der Waals surface area contributed by atoms with E-state index < -0.39 is 23.0 Å². The van der Waals surface area contributed by atoms with E-state index in [9.17, 15) is 24.9 Å². The third-order valence-electron chi connectivity index (χ3n) is 8.55. The Kier molecular flexibility index (Phi) is 3.72. The molecule has 0 amide bonds. The average Bonchev–Trinajstić information content (AvgIpc) is 2.87. The van der Waals surface area contributed by atoms with E-state index >= 15 is 0 Å². The van der Waals surface area contributed by atoms with E-state index in [4.69, 9.17) is 0 Å². The van der Waals surface area contributed by atoms with E-state index in [-0.39, 0.29) is 11.3 Å². The highest BCUT2D eigenvalue weighted by Gasteiger charge is 2.66. The molecule has 1 unspecified atom stereocenters. The summed E-state index contributed by atoms with van der Waals surface area (Å²) in [6.07, 6.45) is 9.06. The lowest BCUT2D eigenvalue weighted by molar-refractivity contribution is -0.180. The van der Waals surface area contributed by atoms with Gasteiger partial charge in [-0.3, -0.25) is 0 Å². The first kappa shape index (κ1) is 17.8. The van der Waals surface area contributed by atoms with Crippen molar-refractivity contribution in [3.05, 3.63) is 23.3 Å². The van der Waals surface area contributed by atoms with E-state index in [1.54, 1.807) is 0 Å². The molecule has 5 nitrogen and oxygen atoms in total. The van der Waals surface area contributed by atoms with Crippen LogP contribution in [0.2, 0.25) is 0 Å². The van der Waals surface area contributed by atoms with Gasteiger partial charge in [0.2, 0.25) is 0 Å². The Bertz CT molecular complexity index is 737. The normalized spacial score (nSPS) is 47.1. The molecule has 26 heavy (non-hydrogen) atoms. The molecule has 0 aromatic carbocycles. The Morgan fingerprint density at radius 3 is 2.42 bits per heavy atom. The molecule has 2 saturated carbocycles. The maximum atomic E-state index is 11.8. The summed E-state index contributed by atoms with van der Waals surface area (Å²) in [4.78, 5) is 23.2. The quantitative estimate of drug-likeness (QED) is 0.702. The van der Waals surface area contributed by atoms with Crippen molar-refractivity contribution in [2.75, 3.05) is 0 Å². The van der Waals surface area contributed by atoms with Crippen LogP contribution in [0.5, 0.6) is 0 Å². The molecule has 0 bridgehead atoms. The first-order chi connectivity index (χ1) is 12.1. The van der Waals surface area contributed by atoms with Crippen LogP contribution in [0.1, 0.15) is 58.8 Å². The van der Waals surface area contributed by atoms with Gasteiger partial charge >= 0.3 is 11.9 Å². The summed E-state index contributed by atoms with van der Waals surface area (Å²) < 4.78 is 0. The number of rotatable bonds is 2. The molecule has 6 atom stereocenters. The largest absolute Gasteiger partial charge is 0.479 e. The van der Waals surface area contributed by atoms with Crippen molar-refractivity contribution in [3.8, 4) is 0 Å². The highest BCUT2D eigenvalue weighted by atomic mass is 16.4. The van der Waals surface area contributed by atoms with Crippen LogP contribution in [0.25, 0.3) is 0 Å². The van der Waals surface area contributed by atoms with Gasteiger partial charge in [0, 0.05) is 11.0 Å². The molecule has 0 saturated heterocycles. The molecular weight excluding hydrogens is 332 g/mol. The summed E-state index contributed by atoms with van der Waals surface area (Å²) in [5, 5.41) is 29.9. The average molecular weight is 360 g/mol. The molecule has 0 aromatic heterocycles. The second-order valence-corrected chi connectivity index (χ2v) is 9.32. The van der Waals surface area contributed by atoms with Gasteiger partial charge in [0.15, 0.2) is 5.60 Å². The molecule has 4 aliphatic carbocycles. The summed E-state index contributed by atoms with van der Waals surface area (Å²) >= 11 is 0. The van der Waals surface area contributed by atoms with Gasteiger partial charge in [-0.1, -0.05) is 19.9 Å². The zero-order chi connectivity index (χ0) is 18.9. The number of allylic oxidation sites excluding steroid dienone is 3. The summed E-state index contributed by atoms with van der Waals surface area (Å²) in [5.74, 6) is -0.889. The minimum atomic E-state index is -1.61. The van der Waals surface area contributed by atoms with Crippen LogP contribution in [0.3, 0.4) is 0 Å². The molecule has 4 aliphatic rings. The van der Waals surface area contributed by atoms with Crippen molar-refractivity contribution in [1.29, 1.82) is 0 Å². The lowest BCUT2D eigenvalue weighted by atomic mass is 9.47. The minimum Gasteiger partial charge on any atom is -0.479 e. The van der Waals surface area contributed by atoms with Crippen molar-refractivity contribution >= 4 is 11.9 Å². The van der Waals surface area contributed by atoms with E-state index in [0.29, 0.717) is 30.3 Å². The molecule has 142 valence electrons. The highest BCUT2D eigenvalue weighted by molar-refractivity contribution is 5.87. The fraction of sp³-hybridized carbons (Fsp3) is 0.714. The SMILES string of the molecule is C[C@]12CCC(C(=O)O)=CC1=CC[C@@H]1[C@H]2CC[C@@]2(C)[C@H]1CCC2(O)C(=O)O. The van der Waals surface area contributed by atoms with Crippen molar-refractivity contribution in [3.63, 3.8) is 0 Å². The fourth-order valence-corrected chi connectivity index (χ4v) is 6.86. The third-order valence-corrected chi connectivity index (χ3v) is 8.55. The zero-order valence-electron chi connectivity index (χ0n) is 15.5. The Labute approximate surface area is 153 Å². The number of hydrogen-bond donors (Lipinski definition) is 3. The lowest BCUT2D eigenvalue weighted by Gasteiger charge is -2.57. The van der Waals surface area contributed by atoms with Gasteiger partial charge in [-0.15, -0.1) is 0 Å². The topological polar surface area (TPSA) is 94.8 Å². The van der Waals surface area contributed by atoms with Gasteiger partial charge in [-0.25, -0.2) is 9.59 Å². The first-order valence-electron chi connectivity index (χ1n) is 9.74. The van der Waals surface area contributed by atoms with Gasteiger partial charge in [-0.2, -0.15) is 0 Å². The number of carbonyl (C=O) groups is 2. The molecule has 4 rings (SSSR count). The Balaban J connectivity index is 1.70. The summed E-state index contributed by atoms with van der Waals surface area (Å²) in [6, 6.07) is 0. The number of aliphatic hydroxyl groups is 1. The monoisotopic (exact) mass is 360 g/mol. The van der Waals surface area contributed by atoms with Gasteiger partial charge < -0.3 is 15.3 Å². The number of aliphatic carboxylic acids is 2. The van der Waals surface area contributed by atoms with Crippen LogP contribution in [-0.2, 0) is 9.59 Å². The van der Waals surface area contributed by atoms with E-state index in [0.717, 1.165) is 37.7 Å². The van der Waals surface area contributed by atoms with E-state index in [1.807, 2.05) is 13.0 Å². The molecular formula is C21H28O5. The van der Waals surface area contributed by atoms with Crippen molar-refractivity contribution in [1.82, 2.24) is 0 Å². The molecule has 2 fully saturated rings. The summed E-state index contributed by atoms with van der Waals surface area (Å²) in [7, 11) is 0. The second kappa shape index (κ2) is 5.44. The molecule has 5 heteroatoms. The van der Waals surface area contributed by atoms with Crippen LogP contribution < -0.4 is 0 Å². The van der Waals surface area contributed by atoms with Crippen LogP contribution in [0, 0.1) is 28.6 Å². The third kappa shape index (κ3) is 2.07. The second-order valence-electron chi connectivity index (χ2n) is 9.32. The number of carboxylic acids is 2. The predicted molar refractivity (Wildman–Crippen MR) is 95.4 cm³/mol. The predicted octanol–water partition coefficient (Wildman–Crippen LogP) is 3.39. The maximum absolute atomic E-state index is 11.8. The molecule has 0 spiro atoms. The standard InChI is InChI=1S/C21H28O5/c1-19-8-5-12(17(22)23)11-13(19)3-4-14-15(19)6-9-20(2)16(14)7-10-21(20,26)18(24)25/h3,11,14-16,26H,4-10H2,1-2H3,(H,22,23)(H,24,25)/t14-,15-,16+,19+,20+,21?/m1/s1. The van der Waals surface area contributed by atoms with Crippen molar-refractivity contribution < 1.29 is 24.9 Å². The van der Waals surface area contributed by atoms with Crippen LogP contribution in [-0.4, -0.2) is 32.9 Å². The lowest BCUT2D eigenvalue weighted by Crippen LogP contribution is -2.57. The van der Waals surface area contributed by atoms with Crippen molar-refractivity contribution in [2.24, 2.45) is 28.6 Å². The van der Waals surface area contributed by atoms with E-state index in [2.05, 4.69) is 13.0 Å². The molecule has 0 aromatic rings.